The topological polar surface area (TPSA) is 64.8 Å². The first-order valence-corrected chi connectivity index (χ1v) is 15.3. The lowest BCUT2D eigenvalue weighted by Gasteiger charge is -2.12. The number of aryl methyl sites for hydroxylation is 1. The van der Waals surface area contributed by atoms with Crippen LogP contribution in [0.2, 0.25) is 0 Å². The minimum atomic E-state index is -3.04. The predicted octanol–water partition coefficient (Wildman–Crippen LogP) is 6.73. The van der Waals surface area contributed by atoms with Gasteiger partial charge >= 0.3 is 0 Å². The summed E-state index contributed by atoms with van der Waals surface area (Å²) in [5.41, 5.74) is 4.65. The van der Waals surface area contributed by atoms with E-state index in [-0.39, 0.29) is 17.3 Å². The minimum absolute atomic E-state index is 0.149. The molecule has 2 aromatic heterocycles. The van der Waals surface area contributed by atoms with Gasteiger partial charge in [0.1, 0.15) is 15.7 Å². The van der Waals surface area contributed by atoms with Crippen LogP contribution in [0.3, 0.4) is 0 Å². The lowest BCUT2D eigenvalue weighted by atomic mass is 10.1. The van der Waals surface area contributed by atoms with E-state index < -0.39 is 9.84 Å². The van der Waals surface area contributed by atoms with Gasteiger partial charge in [-0.25, -0.2) is 17.8 Å². The third-order valence-electron chi connectivity index (χ3n) is 6.50. The van der Waals surface area contributed by atoms with Crippen LogP contribution in [0.25, 0.3) is 22.5 Å². The second-order valence-electron chi connectivity index (χ2n) is 9.53. The summed E-state index contributed by atoms with van der Waals surface area (Å²) in [6.45, 7) is 2.68. The molecule has 0 spiro atoms. The number of rotatable bonds is 12. The Morgan fingerprint density at radius 2 is 1.59 bits per heavy atom. The van der Waals surface area contributed by atoms with Crippen molar-refractivity contribution in [2.24, 2.45) is 0 Å². The number of pyridine rings is 1. The monoisotopic (exact) mass is 543 g/mol. The number of aromatic nitrogens is 3. The molecule has 0 fully saturated rings. The Hall–Kier alpha value is -3.76. The molecule has 39 heavy (non-hydrogen) atoms. The molecule has 0 saturated carbocycles. The maximum absolute atomic E-state index is 13.7. The van der Waals surface area contributed by atoms with Crippen molar-refractivity contribution >= 4 is 9.84 Å². The van der Waals surface area contributed by atoms with Gasteiger partial charge in [-0.3, -0.25) is 4.98 Å². The first-order valence-electron chi connectivity index (χ1n) is 13.5. The van der Waals surface area contributed by atoms with Gasteiger partial charge in [-0.15, -0.1) is 0 Å². The number of unbranched alkanes of at least 4 members (excludes halogenated alkanes) is 2. The summed E-state index contributed by atoms with van der Waals surface area (Å²) >= 11 is 0. The second-order valence-corrected chi connectivity index (χ2v) is 11.8. The summed E-state index contributed by atoms with van der Waals surface area (Å²) < 4.78 is 40.3. The number of benzene rings is 2. The first-order chi connectivity index (χ1) is 19.0. The molecule has 202 valence electrons. The summed E-state index contributed by atoms with van der Waals surface area (Å²) in [4.78, 5) is 9.10. The molecule has 4 rings (SSSR count). The number of imidazole rings is 1. The van der Waals surface area contributed by atoms with E-state index in [9.17, 15) is 12.8 Å². The molecular weight excluding hydrogens is 509 g/mol. The molecule has 5 nitrogen and oxygen atoms in total. The highest BCUT2D eigenvalue weighted by atomic mass is 32.2. The lowest BCUT2D eigenvalue weighted by molar-refractivity contribution is 0.590. The smallest absolute Gasteiger partial charge is 0.186 e. The molecule has 0 amide bonds. The Morgan fingerprint density at radius 1 is 0.872 bits per heavy atom. The standard InChI is InChI=1S/C32H34FN3O2S/c1-2-3-24-39(37,38)25-9-5-8-14-30-35-31(27-15-17-29(33)18-16-27)32(28-19-21-34-22-20-28)36(30)23-10-13-26-11-6-4-7-12-26/h4,6-7,11-12,15-22H,2-3,5,9-10,13,23-25H2,1H3. The van der Waals surface area contributed by atoms with Gasteiger partial charge in [0.2, 0.25) is 0 Å². The maximum Gasteiger partial charge on any atom is 0.186 e. The summed E-state index contributed by atoms with van der Waals surface area (Å²) in [7, 11) is -3.04. The number of sulfone groups is 1. The highest BCUT2D eigenvalue weighted by Gasteiger charge is 2.19. The Labute approximate surface area is 231 Å². The van der Waals surface area contributed by atoms with Crippen molar-refractivity contribution in [3.63, 3.8) is 0 Å². The van der Waals surface area contributed by atoms with E-state index in [0.717, 1.165) is 41.8 Å². The number of halogens is 1. The summed E-state index contributed by atoms with van der Waals surface area (Å²) in [6, 6.07) is 20.6. The molecule has 0 aliphatic heterocycles. The van der Waals surface area contributed by atoms with Crippen LogP contribution in [0.1, 0.15) is 50.4 Å². The van der Waals surface area contributed by atoms with Crippen molar-refractivity contribution in [2.45, 2.75) is 52.0 Å². The van der Waals surface area contributed by atoms with Crippen molar-refractivity contribution < 1.29 is 12.8 Å². The highest BCUT2D eigenvalue weighted by Crippen LogP contribution is 2.33. The fraction of sp³-hybridized carbons (Fsp3) is 0.312. The Kier molecular flexibility index (Phi) is 10.0. The van der Waals surface area contributed by atoms with Crippen LogP contribution < -0.4 is 0 Å². The van der Waals surface area contributed by atoms with E-state index in [1.807, 2.05) is 37.3 Å². The third-order valence-corrected chi connectivity index (χ3v) is 8.32. The van der Waals surface area contributed by atoms with E-state index >= 15 is 0 Å². The predicted molar refractivity (Wildman–Crippen MR) is 155 cm³/mol. The molecule has 2 aromatic carbocycles. The van der Waals surface area contributed by atoms with Crippen LogP contribution in [-0.4, -0.2) is 34.5 Å². The third kappa shape index (κ3) is 8.11. The van der Waals surface area contributed by atoms with Crippen LogP contribution in [0.15, 0.2) is 79.1 Å². The van der Waals surface area contributed by atoms with Crippen molar-refractivity contribution in [3.05, 3.63) is 96.3 Å². The van der Waals surface area contributed by atoms with Gasteiger partial charge < -0.3 is 4.57 Å². The fourth-order valence-corrected chi connectivity index (χ4v) is 5.97. The van der Waals surface area contributed by atoms with Gasteiger partial charge in [0.05, 0.1) is 22.9 Å². The summed E-state index contributed by atoms with van der Waals surface area (Å²) in [6.07, 6.45) is 7.80. The van der Waals surface area contributed by atoms with Crippen molar-refractivity contribution in [1.29, 1.82) is 0 Å². The van der Waals surface area contributed by atoms with Crippen molar-refractivity contribution in [3.8, 4) is 34.4 Å². The molecule has 0 N–H and O–H groups in total. The molecule has 4 aromatic rings. The Morgan fingerprint density at radius 3 is 2.31 bits per heavy atom. The average molecular weight is 544 g/mol. The highest BCUT2D eigenvalue weighted by molar-refractivity contribution is 7.91. The molecule has 0 atom stereocenters. The van der Waals surface area contributed by atoms with Gasteiger partial charge in [-0.05, 0) is 73.6 Å². The molecule has 0 radical (unpaired) electrons. The zero-order valence-corrected chi connectivity index (χ0v) is 23.1. The number of hydrogen-bond acceptors (Lipinski definition) is 4. The maximum atomic E-state index is 13.7. The van der Waals surface area contributed by atoms with Gasteiger partial charge in [-0.2, -0.15) is 0 Å². The summed E-state index contributed by atoms with van der Waals surface area (Å²) in [5, 5.41) is 0. The van der Waals surface area contributed by atoms with E-state index in [0.29, 0.717) is 31.6 Å². The van der Waals surface area contributed by atoms with Gasteiger partial charge in [0, 0.05) is 36.5 Å². The van der Waals surface area contributed by atoms with Crippen molar-refractivity contribution in [2.75, 3.05) is 11.5 Å². The molecular formula is C32H34FN3O2S. The molecule has 0 aliphatic carbocycles. The van der Waals surface area contributed by atoms with Gasteiger partial charge in [0.25, 0.3) is 0 Å². The number of hydrogen-bond donors (Lipinski definition) is 0. The molecule has 0 unspecified atom stereocenters. The molecule has 0 bridgehead atoms. The first kappa shape index (κ1) is 28.3. The molecule has 0 saturated heterocycles. The lowest BCUT2D eigenvalue weighted by Crippen LogP contribution is -2.10. The van der Waals surface area contributed by atoms with Crippen LogP contribution >= 0.6 is 0 Å². The van der Waals surface area contributed by atoms with E-state index in [1.165, 1.54) is 17.7 Å². The quantitative estimate of drug-likeness (QED) is 0.147. The normalized spacial score (nSPS) is 11.2. The molecule has 0 aliphatic rings. The van der Waals surface area contributed by atoms with E-state index in [2.05, 4.69) is 33.5 Å². The van der Waals surface area contributed by atoms with Crippen molar-refractivity contribution in [1.82, 2.24) is 14.5 Å². The SMILES string of the molecule is CCCCS(=O)(=O)CCCC#Cc1nc(-c2ccc(F)cc2)c(-c2ccncc2)n1CCCc1ccccc1. The van der Waals surface area contributed by atoms with Crippen LogP contribution in [0.5, 0.6) is 0 Å². The zero-order chi connectivity index (χ0) is 27.5. The second kappa shape index (κ2) is 13.9. The largest absolute Gasteiger partial charge is 0.317 e. The van der Waals surface area contributed by atoms with Gasteiger partial charge in [0.15, 0.2) is 5.82 Å². The van der Waals surface area contributed by atoms with Crippen LogP contribution in [0, 0.1) is 17.7 Å². The molecule has 7 heteroatoms. The van der Waals surface area contributed by atoms with Crippen LogP contribution in [-0.2, 0) is 22.8 Å². The van der Waals surface area contributed by atoms with E-state index in [4.69, 9.17) is 4.98 Å². The van der Waals surface area contributed by atoms with Gasteiger partial charge in [-0.1, -0.05) is 49.6 Å². The number of nitrogens with zero attached hydrogens (tertiary/aromatic N) is 3. The van der Waals surface area contributed by atoms with E-state index in [1.54, 1.807) is 24.5 Å². The molecule has 2 heterocycles. The zero-order valence-electron chi connectivity index (χ0n) is 22.3. The minimum Gasteiger partial charge on any atom is -0.317 e. The fourth-order valence-electron chi connectivity index (χ4n) is 4.45. The van der Waals surface area contributed by atoms with Crippen LogP contribution in [0.4, 0.5) is 4.39 Å². The Balaban J connectivity index is 1.66. The summed E-state index contributed by atoms with van der Waals surface area (Å²) in [5.74, 6) is 7.07. The Bertz CT molecular complexity index is 1500. The average Bonchev–Trinajstić information content (AvgIpc) is 3.31.